The van der Waals surface area contributed by atoms with Gasteiger partial charge < -0.3 is 15.1 Å². The molecule has 1 N–H and O–H groups in total. The molecule has 4 heteroatoms. The van der Waals surface area contributed by atoms with Crippen molar-refractivity contribution in [2.75, 3.05) is 37.6 Å². The maximum Gasteiger partial charge on any atom is 0.225 e. The molecule has 3 rings (SSSR count). The Balaban J connectivity index is 1.56. The highest BCUT2D eigenvalue weighted by molar-refractivity contribution is 5.79. The Kier molecular flexibility index (Phi) is 4.67. The third kappa shape index (κ3) is 3.43. The molecule has 0 radical (unpaired) electrons. The summed E-state index contributed by atoms with van der Waals surface area (Å²) >= 11 is 0. The number of benzene rings is 1. The van der Waals surface area contributed by atoms with Gasteiger partial charge in [-0.05, 0) is 50.9 Å². The van der Waals surface area contributed by atoms with Crippen LogP contribution in [0, 0.1) is 12.8 Å². The third-order valence-corrected chi connectivity index (χ3v) is 4.93. The monoisotopic (exact) mass is 301 g/mol. The molecule has 1 aromatic carbocycles. The van der Waals surface area contributed by atoms with Gasteiger partial charge in [0.15, 0.2) is 0 Å². The molecule has 22 heavy (non-hydrogen) atoms. The van der Waals surface area contributed by atoms with Gasteiger partial charge >= 0.3 is 0 Å². The van der Waals surface area contributed by atoms with E-state index in [-0.39, 0.29) is 5.92 Å². The van der Waals surface area contributed by atoms with Crippen LogP contribution in [0.1, 0.15) is 25.3 Å². The fourth-order valence-electron chi connectivity index (χ4n) is 3.62. The van der Waals surface area contributed by atoms with Crippen LogP contribution in [0.2, 0.25) is 0 Å². The molecule has 0 saturated carbocycles. The summed E-state index contributed by atoms with van der Waals surface area (Å²) in [6.07, 6.45) is 1.97. The number of aryl methyl sites for hydroxylation is 1. The van der Waals surface area contributed by atoms with Gasteiger partial charge in [-0.1, -0.05) is 12.1 Å². The van der Waals surface area contributed by atoms with Crippen molar-refractivity contribution in [1.29, 1.82) is 0 Å². The summed E-state index contributed by atoms with van der Waals surface area (Å²) in [6, 6.07) is 9.10. The normalized spacial score (nSPS) is 26.1. The van der Waals surface area contributed by atoms with E-state index in [0.717, 1.165) is 45.6 Å². The van der Waals surface area contributed by atoms with Crippen LogP contribution in [0.5, 0.6) is 0 Å². The van der Waals surface area contributed by atoms with E-state index in [1.165, 1.54) is 11.3 Å². The molecule has 2 atom stereocenters. The van der Waals surface area contributed by atoms with Crippen molar-refractivity contribution < 1.29 is 4.79 Å². The molecule has 1 aromatic rings. The van der Waals surface area contributed by atoms with Crippen LogP contribution >= 0.6 is 0 Å². The van der Waals surface area contributed by atoms with Gasteiger partial charge in [-0.2, -0.15) is 0 Å². The summed E-state index contributed by atoms with van der Waals surface area (Å²) in [5.41, 5.74) is 2.57. The number of nitrogens with one attached hydrogen (secondary N) is 1. The lowest BCUT2D eigenvalue weighted by Gasteiger charge is -2.39. The Hall–Kier alpha value is -1.55. The van der Waals surface area contributed by atoms with Crippen molar-refractivity contribution in [3.8, 4) is 0 Å². The molecule has 2 aliphatic heterocycles. The van der Waals surface area contributed by atoms with Crippen molar-refractivity contribution in [3.05, 3.63) is 29.8 Å². The minimum absolute atomic E-state index is 0.224. The van der Waals surface area contributed by atoms with Crippen molar-refractivity contribution in [2.45, 2.75) is 32.7 Å². The first-order valence-electron chi connectivity index (χ1n) is 8.47. The molecule has 0 spiro atoms. The standard InChI is InChI=1S/C18H27N3O/c1-14-4-3-5-17(12-14)20-8-10-21(11-9-20)18(22)16-6-7-19-15(2)13-16/h3-5,12,15-16,19H,6-11,13H2,1-2H3/t15-,16-/m0/s1. The smallest absolute Gasteiger partial charge is 0.225 e. The highest BCUT2D eigenvalue weighted by atomic mass is 16.2. The Morgan fingerprint density at radius 2 is 2.00 bits per heavy atom. The van der Waals surface area contributed by atoms with Gasteiger partial charge in [0, 0.05) is 43.8 Å². The number of anilines is 1. The lowest BCUT2D eigenvalue weighted by Crippen LogP contribution is -2.52. The molecular weight excluding hydrogens is 274 g/mol. The molecule has 2 heterocycles. The van der Waals surface area contributed by atoms with Gasteiger partial charge in [0.1, 0.15) is 0 Å². The summed E-state index contributed by atoms with van der Waals surface area (Å²) in [7, 11) is 0. The van der Waals surface area contributed by atoms with Gasteiger partial charge in [-0.25, -0.2) is 0 Å². The quantitative estimate of drug-likeness (QED) is 0.908. The number of piperidine rings is 1. The highest BCUT2D eigenvalue weighted by Gasteiger charge is 2.30. The van der Waals surface area contributed by atoms with Crippen molar-refractivity contribution in [1.82, 2.24) is 10.2 Å². The molecule has 2 fully saturated rings. The minimum Gasteiger partial charge on any atom is -0.368 e. The first-order chi connectivity index (χ1) is 10.6. The summed E-state index contributed by atoms with van der Waals surface area (Å²) in [5, 5.41) is 3.42. The van der Waals surface area contributed by atoms with Gasteiger partial charge in [-0.3, -0.25) is 4.79 Å². The molecule has 120 valence electrons. The molecule has 2 saturated heterocycles. The first kappa shape index (κ1) is 15.3. The van der Waals surface area contributed by atoms with Crippen LogP contribution in [-0.2, 0) is 4.79 Å². The van der Waals surface area contributed by atoms with Crippen LogP contribution < -0.4 is 10.2 Å². The van der Waals surface area contributed by atoms with Gasteiger partial charge in [-0.15, -0.1) is 0 Å². The number of hydrogen-bond donors (Lipinski definition) is 1. The number of amides is 1. The van der Waals surface area contributed by atoms with Crippen LogP contribution in [0.25, 0.3) is 0 Å². The van der Waals surface area contributed by atoms with Gasteiger partial charge in [0.2, 0.25) is 5.91 Å². The maximum atomic E-state index is 12.7. The van der Waals surface area contributed by atoms with Crippen LogP contribution in [0.3, 0.4) is 0 Å². The van der Waals surface area contributed by atoms with E-state index in [2.05, 4.69) is 53.2 Å². The lowest BCUT2D eigenvalue weighted by atomic mass is 9.92. The third-order valence-electron chi connectivity index (χ3n) is 4.93. The zero-order valence-electron chi connectivity index (χ0n) is 13.7. The fourth-order valence-corrected chi connectivity index (χ4v) is 3.62. The van der Waals surface area contributed by atoms with E-state index in [0.29, 0.717) is 11.9 Å². The number of carbonyl (C=O) groups excluding carboxylic acids is 1. The van der Waals surface area contributed by atoms with Crippen LogP contribution in [0.15, 0.2) is 24.3 Å². The van der Waals surface area contributed by atoms with E-state index < -0.39 is 0 Å². The summed E-state index contributed by atoms with van der Waals surface area (Å²) in [6.45, 7) is 8.86. The molecule has 0 bridgehead atoms. The average Bonchev–Trinajstić information content (AvgIpc) is 2.54. The van der Waals surface area contributed by atoms with E-state index >= 15 is 0 Å². The minimum atomic E-state index is 0.224. The second kappa shape index (κ2) is 6.69. The number of rotatable bonds is 2. The molecule has 0 aromatic heterocycles. The van der Waals surface area contributed by atoms with Crippen LogP contribution in [-0.4, -0.2) is 49.6 Å². The second-order valence-electron chi connectivity index (χ2n) is 6.73. The van der Waals surface area contributed by atoms with E-state index in [4.69, 9.17) is 0 Å². The van der Waals surface area contributed by atoms with E-state index in [9.17, 15) is 4.79 Å². The maximum absolute atomic E-state index is 12.7. The Morgan fingerprint density at radius 1 is 1.23 bits per heavy atom. The Labute approximate surface area is 133 Å². The highest BCUT2D eigenvalue weighted by Crippen LogP contribution is 2.22. The van der Waals surface area contributed by atoms with Crippen molar-refractivity contribution >= 4 is 11.6 Å². The molecular formula is C18H27N3O. The average molecular weight is 301 g/mol. The number of nitrogens with zero attached hydrogens (tertiary/aromatic N) is 2. The molecule has 0 unspecified atom stereocenters. The Morgan fingerprint density at radius 3 is 2.68 bits per heavy atom. The lowest BCUT2D eigenvalue weighted by molar-refractivity contribution is -0.137. The SMILES string of the molecule is Cc1cccc(N2CCN(C(=O)[C@H]3CCN[C@@H](C)C3)CC2)c1. The van der Waals surface area contributed by atoms with E-state index in [1.54, 1.807) is 0 Å². The van der Waals surface area contributed by atoms with Gasteiger partial charge in [0.25, 0.3) is 0 Å². The van der Waals surface area contributed by atoms with Gasteiger partial charge in [0.05, 0.1) is 0 Å². The summed E-state index contributed by atoms with van der Waals surface area (Å²) in [4.78, 5) is 17.1. The first-order valence-corrected chi connectivity index (χ1v) is 8.47. The topological polar surface area (TPSA) is 35.6 Å². The van der Waals surface area contributed by atoms with Crippen molar-refractivity contribution in [3.63, 3.8) is 0 Å². The molecule has 0 aliphatic carbocycles. The molecule has 2 aliphatic rings. The summed E-state index contributed by atoms with van der Waals surface area (Å²) in [5.74, 6) is 0.596. The molecule has 1 amide bonds. The predicted octanol–water partition coefficient (Wildman–Crippen LogP) is 2.03. The van der Waals surface area contributed by atoms with E-state index in [1.807, 2.05) is 0 Å². The zero-order valence-corrected chi connectivity index (χ0v) is 13.7. The Bertz CT molecular complexity index is 523. The summed E-state index contributed by atoms with van der Waals surface area (Å²) < 4.78 is 0. The van der Waals surface area contributed by atoms with Crippen molar-refractivity contribution in [2.24, 2.45) is 5.92 Å². The second-order valence-corrected chi connectivity index (χ2v) is 6.73. The molecule has 4 nitrogen and oxygen atoms in total. The predicted molar refractivity (Wildman–Crippen MR) is 90.2 cm³/mol. The van der Waals surface area contributed by atoms with Crippen LogP contribution in [0.4, 0.5) is 5.69 Å². The number of piperazine rings is 1. The number of carbonyl (C=O) groups is 1. The zero-order chi connectivity index (χ0) is 15.5. The largest absolute Gasteiger partial charge is 0.368 e. The number of hydrogen-bond acceptors (Lipinski definition) is 3. The fraction of sp³-hybridized carbons (Fsp3) is 0.611.